The van der Waals surface area contributed by atoms with Gasteiger partial charge in [0, 0.05) is 11.8 Å². The minimum atomic E-state index is -2.82. The molecule has 1 aliphatic rings. The lowest BCUT2D eigenvalue weighted by atomic mass is 9.96. The van der Waals surface area contributed by atoms with Gasteiger partial charge in [-0.2, -0.15) is 0 Å². The molecule has 0 heterocycles. The summed E-state index contributed by atoms with van der Waals surface area (Å²) in [6, 6.07) is 8.89. The van der Waals surface area contributed by atoms with E-state index in [4.69, 9.17) is 0 Å². The standard InChI is InChI=1S/C15H23NO2S/c1-3-19(17,18)10-6-8-13-11-12-7-4-5-9-14(12)15(13)16-2/h4-5,7,9,13,15-16H,3,6,8,10-11H2,1-2H3. The third-order valence-electron chi connectivity index (χ3n) is 4.12. The maximum atomic E-state index is 11.5. The van der Waals surface area contributed by atoms with Gasteiger partial charge in [0.1, 0.15) is 9.84 Å². The van der Waals surface area contributed by atoms with Gasteiger partial charge in [-0.05, 0) is 43.4 Å². The van der Waals surface area contributed by atoms with Crippen LogP contribution in [0.15, 0.2) is 24.3 Å². The molecule has 0 aliphatic heterocycles. The summed E-state index contributed by atoms with van der Waals surface area (Å²) in [6.45, 7) is 1.72. The fourth-order valence-electron chi connectivity index (χ4n) is 3.05. The lowest BCUT2D eigenvalue weighted by Gasteiger charge is -2.19. The van der Waals surface area contributed by atoms with Crippen LogP contribution < -0.4 is 5.32 Å². The van der Waals surface area contributed by atoms with Gasteiger partial charge < -0.3 is 5.32 Å². The van der Waals surface area contributed by atoms with Crippen molar-refractivity contribution in [3.8, 4) is 0 Å². The molecule has 0 spiro atoms. The Hall–Kier alpha value is -0.870. The molecule has 3 nitrogen and oxygen atoms in total. The maximum Gasteiger partial charge on any atom is 0.150 e. The molecule has 1 aromatic rings. The molecule has 2 rings (SSSR count). The molecule has 106 valence electrons. The second kappa shape index (κ2) is 6.06. The number of benzene rings is 1. The maximum absolute atomic E-state index is 11.5. The van der Waals surface area contributed by atoms with E-state index in [0.29, 0.717) is 17.7 Å². The average Bonchev–Trinajstić information content (AvgIpc) is 2.76. The molecule has 0 aromatic heterocycles. The van der Waals surface area contributed by atoms with Gasteiger partial charge in [0.05, 0.1) is 5.75 Å². The minimum Gasteiger partial charge on any atom is -0.313 e. The van der Waals surface area contributed by atoms with Crippen molar-refractivity contribution < 1.29 is 8.42 Å². The van der Waals surface area contributed by atoms with Crippen LogP contribution in [0.25, 0.3) is 0 Å². The van der Waals surface area contributed by atoms with Gasteiger partial charge in [0.15, 0.2) is 0 Å². The first-order valence-corrected chi connectivity index (χ1v) is 8.85. The molecule has 1 aliphatic carbocycles. The Labute approximate surface area is 116 Å². The Kier molecular flexibility index (Phi) is 4.63. The highest BCUT2D eigenvalue weighted by Gasteiger charge is 2.30. The van der Waals surface area contributed by atoms with Crippen LogP contribution in [-0.2, 0) is 16.3 Å². The molecule has 4 heteroatoms. The fourth-order valence-corrected chi connectivity index (χ4v) is 3.94. The summed E-state index contributed by atoms with van der Waals surface area (Å²) in [5.74, 6) is 1.11. The molecule has 19 heavy (non-hydrogen) atoms. The molecular formula is C15H23NO2S. The van der Waals surface area contributed by atoms with E-state index in [0.717, 1.165) is 19.3 Å². The molecule has 0 fully saturated rings. The van der Waals surface area contributed by atoms with Crippen molar-refractivity contribution >= 4 is 9.84 Å². The van der Waals surface area contributed by atoms with Crippen molar-refractivity contribution in [2.45, 2.75) is 32.2 Å². The van der Waals surface area contributed by atoms with Crippen LogP contribution >= 0.6 is 0 Å². The zero-order valence-corrected chi connectivity index (χ0v) is 12.5. The summed E-state index contributed by atoms with van der Waals surface area (Å²) in [5.41, 5.74) is 2.79. The zero-order valence-electron chi connectivity index (χ0n) is 11.7. The van der Waals surface area contributed by atoms with Crippen LogP contribution in [0.2, 0.25) is 0 Å². The van der Waals surface area contributed by atoms with E-state index in [9.17, 15) is 8.42 Å². The summed E-state index contributed by atoms with van der Waals surface area (Å²) >= 11 is 0. The number of nitrogens with one attached hydrogen (secondary N) is 1. The van der Waals surface area contributed by atoms with Crippen LogP contribution in [0.5, 0.6) is 0 Å². The molecule has 0 bridgehead atoms. The van der Waals surface area contributed by atoms with E-state index in [1.54, 1.807) is 6.92 Å². The van der Waals surface area contributed by atoms with Gasteiger partial charge in [-0.1, -0.05) is 31.2 Å². The predicted molar refractivity (Wildman–Crippen MR) is 79.0 cm³/mol. The number of rotatable bonds is 6. The highest BCUT2D eigenvalue weighted by Crippen LogP contribution is 2.38. The molecule has 1 aromatic carbocycles. The summed E-state index contributed by atoms with van der Waals surface area (Å²) in [4.78, 5) is 0. The van der Waals surface area contributed by atoms with Gasteiger partial charge >= 0.3 is 0 Å². The molecule has 0 radical (unpaired) electrons. The number of sulfone groups is 1. The number of hydrogen-bond donors (Lipinski definition) is 1. The minimum absolute atomic E-state index is 0.257. The van der Waals surface area contributed by atoms with Crippen molar-refractivity contribution in [3.63, 3.8) is 0 Å². The van der Waals surface area contributed by atoms with Gasteiger partial charge in [-0.3, -0.25) is 0 Å². The van der Waals surface area contributed by atoms with Crippen molar-refractivity contribution in [1.82, 2.24) is 5.32 Å². The lowest BCUT2D eigenvalue weighted by molar-refractivity contribution is 0.384. The topological polar surface area (TPSA) is 46.2 Å². The second-order valence-corrected chi connectivity index (χ2v) is 7.78. The van der Waals surface area contributed by atoms with Crippen molar-refractivity contribution in [2.75, 3.05) is 18.6 Å². The van der Waals surface area contributed by atoms with Gasteiger partial charge in [0.2, 0.25) is 0 Å². The van der Waals surface area contributed by atoms with Crippen LogP contribution in [0.4, 0.5) is 0 Å². The highest BCUT2D eigenvalue weighted by atomic mass is 32.2. The SMILES string of the molecule is CCS(=O)(=O)CCCC1Cc2ccccc2C1NC. The second-order valence-electron chi connectivity index (χ2n) is 5.31. The average molecular weight is 281 g/mol. The monoisotopic (exact) mass is 281 g/mol. The quantitative estimate of drug-likeness (QED) is 0.870. The van der Waals surface area contributed by atoms with E-state index < -0.39 is 9.84 Å². The Morgan fingerprint density at radius 3 is 2.74 bits per heavy atom. The van der Waals surface area contributed by atoms with Gasteiger partial charge in [-0.25, -0.2) is 8.42 Å². The first kappa shape index (κ1) is 14.5. The van der Waals surface area contributed by atoms with Gasteiger partial charge in [0.25, 0.3) is 0 Å². The molecular weight excluding hydrogens is 258 g/mol. The van der Waals surface area contributed by atoms with E-state index in [1.807, 2.05) is 7.05 Å². The Bertz CT molecular complexity index is 525. The molecule has 2 atom stereocenters. The smallest absolute Gasteiger partial charge is 0.150 e. The normalized spacial score (nSPS) is 22.4. The van der Waals surface area contributed by atoms with E-state index >= 15 is 0 Å². The predicted octanol–water partition coefficient (Wildman–Crippen LogP) is 2.33. The Morgan fingerprint density at radius 2 is 2.05 bits per heavy atom. The van der Waals surface area contributed by atoms with Gasteiger partial charge in [-0.15, -0.1) is 0 Å². The summed E-state index contributed by atoms with van der Waals surface area (Å²) < 4.78 is 23.1. The highest BCUT2D eigenvalue weighted by molar-refractivity contribution is 7.91. The van der Waals surface area contributed by atoms with Crippen molar-refractivity contribution in [2.24, 2.45) is 5.92 Å². The first-order valence-electron chi connectivity index (χ1n) is 7.03. The van der Waals surface area contributed by atoms with Crippen molar-refractivity contribution in [1.29, 1.82) is 0 Å². The number of hydrogen-bond acceptors (Lipinski definition) is 3. The third-order valence-corrected chi connectivity index (χ3v) is 5.92. The first-order chi connectivity index (χ1) is 9.07. The largest absolute Gasteiger partial charge is 0.313 e. The van der Waals surface area contributed by atoms with Crippen LogP contribution in [0.3, 0.4) is 0 Å². The Balaban J connectivity index is 1.96. The van der Waals surface area contributed by atoms with E-state index in [1.165, 1.54) is 11.1 Å². The van der Waals surface area contributed by atoms with Crippen LogP contribution in [-0.4, -0.2) is 27.0 Å². The van der Waals surface area contributed by atoms with Crippen molar-refractivity contribution in [3.05, 3.63) is 35.4 Å². The lowest BCUT2D eigenvalue weighted by Crippen LogP contribution is -2.22. The summed E-state index contributed by atoms with van der Waals surface area (Å²) in [6.07, 6.45) is 2.81. The van der Waals surface area contributed by atoms with Crippen LogP contribution in [0.1, 0.15) is 36.9 Å². The molecule has 0 saturated heterocycles. The number of fused-ring (bicyclic) bond motifs is 1. The van der Waals surface area contributed by atoms with Crippen LogP contribution in [0, 0.1) is 5.92 Å². The molecule has 1 N–H and O–H groups in total. The van der Waals surface area contributed by atoms with E-state index in [-0.39, 0.29) is 5.75 Å². The summed E-state index contributed by atoms with van der Waals surface area (Å²) in [7, 11) is -0.835. The Morgan fingerprint density at radius 1 is 1.32 bits per heavy atom. The summed E-state index contributed by atoms with van der Waals surface area (Å²) in [5, 5.41) is 3.38. The van der Waals surface area contributed by atoms with E-state index in [2.05, 4.69) is 29.6 Å². The molecule has 0 saturated carbocycles. The molecule has 0 amide bonds. The molecule has 2 unspecified atom stereocenters. The fraction of sp³-hybridized carbons (Fsp3) is 0.600. The third kappa shape index (κ3) is 3.37. The zero-order chi connectivity index (χ0) is 13.9.